The Morgan fingerprint density at radius 3 is 2.61 bits per heavy atom. The Morgan fingerprint density at radius 1 is 1.33 bits per heavy atom. The number of hydrogen-bond donors (Lipinski definition) is 0. The molecule has 0 aliphatic carbocycles. The van der Waals surface area contributed by atoms with Gasteiger partial charge in [-0.25, -0.2) is 8.42 Å². The molecule has 0 saturated carbocycles. The summed E-state index contributed by atoms with van der Waals surface area (Å²) >= 11 is 0. The van der Waals surface area contributed by atoms with E-state index in [9.17, 15) is 8.42 Å². The predicted molar refractivity (Wildman–Crippen MR) is 72.4 cm³/mol. The first-order valence-corrected chi connectivity index (χ1v) is 8.41. The van der Waals surface area contributed by atoms with Gasteiger partial charge in [-0.3, -0.25) is 0 Å². The van der Waals surface area contributed by atoms with Crippen molar-refractivity contribution in [1.82, 2.24) is 0 Å². The molecule has 100 valence electrons. The molecule has 1 aromatic rings. The average molecular weight is 289 g/mol. The minimum absolute atomic E-state index is 0.0519. The average Bonchev–Trinajstić information content (AvgIpc) is 2.31. The summed E-state index contributed by atoms with van der Waals surface area (Å²) in [5, 5.41) is -0.491. The lowest BCUT2D eigenvalue weighted by Crippen LogP contribution is -2.37. The van der Waals surface area contributed by atoms with E-state index in [2.05, 4.69) is 0 Å². The molecule has 18 heavy (non-hydrogen) atoms. The fourth-order valence-corrected chi connectivity index (χ4v) is 4.08. The van der Waals surface area contributed by atoms with Gasteiger partial charge in [-0.15, -0.1) is 0 Å². The quantitative estimate of drug-likeness (QED) is 0.803. The third-order valence-electron chi connectivity index (χ3n) is 3.38. The fourth-order valence-electron chi connectivity index (χ4n) is 2.37. The van der Waals surface area contributed by atoms with E-state index in [-0.39, 0.29) is 5.92 Å². The molecule has 1 saturated heterocycles. The lowest BCUT2D eigenvalue weighted by atomic mass is 9.93. The van der Waals surface area contributed by atoms with Gasteiger partial charge in [0.15, 0.2) is 0 Å². The maximum atomic E-state index is 11.6. The molecule has 1 heterocycles. The summed E-state index contributed by atoms with van der Waals surface area (Å²) in [4.78, 5) is 0. The van der Waals surface area contributed by atoms with Gasteiger partial charge in [0.25, 0.3) is 0 Å². The number of halogens is 1. The van der Waals surface area contributed by atoms with Gasteiger partial charge in [0, 0.05) is 23.2 Å². The lowest BCUT2D eigenvalue weighted by molar-refractivity contribution is 0.0577. The van der Waals surface area contributed by atoms with Crippen molar-refractivity contribution in [1.29, 1.82) is 0 Å². The van der Waals surface area contributed by atoms with Gasteiger partial charge < -0.3 is 4.74 Å². The van der Waals surface area contributed by atoms with Crippen LogP contribution in [0.5, 0.6) is 0 Å². The second-order valence-corrected chi connectivity index (χ2v) is 7.67. The van der Waals surface area contributed by atoms with Crippen LogP contribution < -0.4 is 0 Å². The number of aryl methyl sites for hydroxylation is 1. The van der Waals surface area contributed by atoms with Gasteiger partial charge in [0.2, 0.25) is 9.05 Å². The monoisotopic (exact) mass is 288 g/mol. The first-order chi connectivity index (χ1) is 8.47. The van der Waals surface area contributed by atoms with Crippen LogP contribution in [0.4, 0.5) is 0 Å². The summed E-state index contributed by atoms with van der Waals surface area (Å²) in [5.74, 6) is -0.0519. The highest BCUT2D eigenvalue weighted by molar-refractivity contribution is 8.14. The Labute approximate surface area is 113 Å². The zero-order chi connectivity index (χ0) is 13.2. The number of rotatable bonds is 3. The molecule has 0 aromatic heterocycles. The number of ether oxygens (including phenoxy) is 1. The van der Waals surface area contributed by atoms with Crippen LogP contribution in [0.3, 0.4) is 0 Å². The summed E-state index contributed by atoms with van der Waals surface area (Å²) < 4.78 is 28.5. The van der Waals surface area contributed by atoms with Crippen LogP contribution in [-0.2, 0) is 20.2 Å². The van der Waals surface area contributed by atoms with Crippen molar-refractivity contribution in [3.63, 3.8) is 0 Å². The van der Waals surface area contributed by atoms with Crippen molar-refractivity contribution in [2.45, 2.75) is 25.0 Å². The molecule has 1 aromatic carbocycles. The molecule has 3 nitrogen and oxygen atoms in total. The second-order valence-electron chi connectivity index (χ2n) is 4.83. The first kappa shape index (κ1) is 13.8. The van der Waals surface area contributed by atoms with E-state index in [4.69, 9.17) is 15.4 Å². The van der Waals surface area contributed by atoms with Crippen molar-refractivity contribution >= 4 is 19.7 Å². The molecular weight excluding hydrogens is 272 g/mol. The summed E-state index contributed by atoms with van der Waals surface area (Å²) in [6.07, 6.45) is 1.18. The second kappa shape index (κ2) is 5.59. The highest BCUT2D eigenvalue weighted by atomic mass is 35.7. The van der Waals surface area contributed by atoms with Crippen molar-refractivity contribution < 1.29 is 13.2 Å². The summed E-state index contributed by atoms with van der Waals surface area (Å²) in [7, 11) is 2.00. The van der Waals surface area contributed by atoms with Crippen molar-refractivity contribution in [2.75, 3.05) is 13.2 Å². The Morgan fingerprint density at radius 2 is 2.00 bits per heavy atom. The third-order valence-corrected chi connectivity index (χ3v) is 5.41. The summed E-state index contributed by atoms with van der Waals surface area (Å²) in [5.41, 5.74) is 2.32. The molecule has 1 aliphatic rings. The van der Waals surface area contributed by atoms with Crippen LogP contribution in [0.15, 0.2) is 24.3 Å². The molecule has 1 fully saturated rings. The zero-order valence-corrected chi connectivity index (χ0v) is 11.9. The largest absolute Gasteiger partial charge is 0.381 e. The van der Waals surface area contributed by atoms with Gasteiger partial charge in [-0.2, -0.15) is 0 Å². The van der Waals surface area contributed by atoms with Crippen molar-refractivity contribution in [3.8, 4) is 0 Å². The molecule has 0 unspecified atom stereocenters. The Hall–Kier alpha value is -0.580. The molecule has 1 aliphatic heterocycles. The minimum Gasteiger partial charge on any atom is -0.381 e. The Bertz CT molecular complexity index is 495. The van der Waals surface area contributed by atoms with Crippen LogP contribution in [0.25, 0.3) is 0 Å². The standard InChI is InChI=1S/C13H17ClO3S/c1-10-2-4-11(5-3-10)8-12-9-17-7-6-13(12)18(14,15)16/h2-5,12-13H,6-9H2,1H3/t12-,13+/m1/s1. The topological polar surface area (TPSA) is 43.4 Å². The maximum absolute atomic E-state index is 11.6. The highest BCUT2D eigenvalue weighted by Gasteiger charge is 2.34. The molecular formula is C13H17ClO3S. The summed E-state index contributed by atoms with van der Waals surface area (Å²) in [6.45, 7) is 2.96. The fraction of sp³-hybridized carbons (Fsp3) is 0.538. The Balaban J connectivity index is 2.13. The lowest BCUT2D eigenvalue weighted by Gasteiger charge is -2.29. The SMILES string of the molecule is Cc1ccc(C[C@@H]2COCC[C@@H]2S(=O)(=O)Cl)cc1. The molecule has 5 heteroatoms. The summed E-state index contributed by atoms with van der Waals surface area (Å²) in [6, 6.07) is 8.12. The molecule has 0 radical (unpaired) electrons. The van der Waals surface area contributed by atoms with Gasteiger partial charge in [0.05, 0.1) is 11.9 Å². The van der Waals surface area contributed by atoms with E-state index in [1.165, 1.54) is 5.56 Å². The van der Waals surface area contributed by atoms with Crippen LogP contribution in [0, 0.1) is 12.8 Å². The van der Waals surface area contributed by atoms with Gasteiger partial charge in [-0.1, -0.05) is 29.8 Å². The number of benzene rings is 1. The van der Waals surface area contributed by atoms with Crippen molar-refractivity contribution in [2.24, 2.45) is 5.92 Å². The van der Waals surface area contributed by atoms with Crippen LogP contribution in [0.1, 0.15) is 17.5 Å². The first-order valence-electron chi connectivity index (χ1n) is 6.03. The smallest absolute Gasteiger partial charge is 0.235 e. The molecule has 2 rings (SSSR count). The van der Waals surface area contributed by atoms with Gasteiger partial charge in [0.1, 0.15) is 0 Å². The molecule has 0 bridgehead atoms. The molecule has 0 N–H and O–H groups in total. The molecule has 0 spiro atoms. The van der Waals surface area contributed by atoms with Gasteiger partial charge >= 0.3 is 0 Å². The van der Waals surface area contributed by atoms with Gasteiger partial charge in [-0.05, 0) is 25.3 Å². The van der Waals surface area contributed by atoms with Crippen LogP contribution in [0.2, 0.25) is 0 Å². The molecule has 0 amide bonds. The minimum atomic E-state index is -3.51. The number of hydrogen-bond acceptors (Lipinski definition) is 3. The predicted octanol–water partition coefficient (Wildman–Crippen LogP) is 2.51. The Kier molecular flexibility index (Phi) is 4.30. The van der Waals surface area contributed by atoms with E-state index in [0.29, 0.717) is 26.1 Å². The third kappa shape index (κ3) is 3.46. The maximum Gasteiger partial charge on any atom is 0.235 e. The van der Waals surface area contributed by atoms with E-state index >= 15 is 0 Å². The molecule has 2 atom stereocenters. The van der Waals surface area contributed by atoms with E-state index in [1.54, 1.807) is 0 Å². The van der Waals surface area contributed by atoms with E-state index in [1.807, 2.05) is 31.2 Å². The normalized spacial score (nSPS) is 25.0. The highest BCUT2D eigenvalue weighted by Crippen LogP contribution is 2.27. The van der Waals surface area contributed by atoms with Crippen molar-refractivity contribution in [3.05, 3.63) is 35.4 Å². The van der Waals surface area contributed by atoms with Crippen LogP contribution in [-0.4, -0.2) is 26.9 Å². The van der Waals surface area contributed by atoms with E-state index < -0.39 is 14.3 Å². The zero-order valence-electron chi connectivity index (χ0n) is 10.3. The van der Waals surface area contributed by atoms with Crippen LogP contribution >= 0.6 is 10.7 Å². The van der Waals surface area contributed by atoms with E-state index in [0.717, 1.165) is 5.56 Å².